The molecule has 1 aliphatic heterocycles. The van der Waals surface area contributed by atoms with Gasteiger partial charge in [-0.1, -0.05) is 37.6 Å². The molecule has 7 heteroatoms. The number of epoxide rings is 1. The molecule has 1 fully saturated rings. The Kier molecular flexibility index (Phi) is 5.02. The summed E-state index contributed by atoms with van der Waals surface area (Å²) in [6.45, 7) is 3.71. The molecule has 3 aromatic rings. The minimum Gasteiger partial charge on any atom is -0.444 e. The van der Waals surface area contributed by atoms with E-state index in [1.54, 1.807) is 4.90 Å². The van der Waals surface area contributed by atoms with Crippen LogP contribution in [0.15, 0.2) is 42.5 Å². The van der Waals surface area contributed by atoms with Crippen LogP contribution in [0.1, 0.15) is 37.0 Å². The van der Waals surface area contributed by atoms with Crippen LogP contribution in [0.4, 0.5) is 10.5 Å². The first-order valence-electron chi connectivity index (χ1n) is 9.20. The fraction of sp³-hybridized carbons (Fsp3) is 0.350. The topological polar surface area (TPSA) is 83.6 Å². The Hall–Kier alpha value is -2.93. The van der Waals surface area contributed by atoms with Gasteiger partial charge in [-0.05, 0) is 35.7 Å². The number of aromatic amines is 1. The van der Waals surface area contributed by atoms with E-state index in [-0.39, 0.29) is 18.8 Å². The largest absolute Gasteiger partial charge is 0.444 e. The number of nitrogens with one attached hydrogen (secondary N) is 1. The Labute approximate surface area is 157 Å². The van der Waals surface area contributed by atoms with Crippen LogP contribution in [-0.2, 0) is 16.1 Å². The molecule has 0 aliphatic carbocycles. The van der Waals surface area contributed by atoms with Crippen LogP contribution in [0.2, 0.25) is 0 Å². The first kappa shape index (κ1) is 17.5. The molecule has 0 bridgehead atoms. The number of nitrogens with zero attached hydrogens (tertiary/aromatic N) is 3. The SMILES string of the molecule is CCCCN(C(=O)OCc1ccc(C2CO2)cc1)c1ccc2n[nH]nc2c1. The van der Waals surface area contributed by atoms with Crippen molar-refractivity contribution in [1.29, 1.82) is 0 Å². The monoisotopic (exact) mass is 366 g/mol. The van der Waals surface area contributed by atoms with E-state index in [9.17, 15) is 4.79 Å². The number of hydrogen-bond acceptors (Lipinski definition) is 5. The molecular weight excluding hydrogens is 344 g/mol. The molecule has 27 heavy (non-hydrogen) atoms. The molecule has 0 radical (unpaired) electrons. The van der Waals surface area contributed by atoms with Crippen molar-refractivity contribution in [1.82, 2.24) is 15.4 Å². The van der Waals surface area contributed by atoms with Crippen molar-refractivity contribution >= 4 is 22.8 Å². The number of aromatic nitrogens is 3. The van der Waals surface area contributed by atoms with Gasteiger partial charge in [0.15, 0.2) is 0 Å². The Balaban J connectivity index is 1.44. The van der Waals surface area contributed by atoms with Gasteiger partial charge in [-0.25, -0.2) is 4.79 Å². The van der Waals surface area contributed by atoms with Crippen molar-refractivity contribution in [2.24, 2.45) is 0 Å². The molecular formula is C20H22N4O3. The third-order valence-corrected chi connectivity index (χ3v) is 4.61. The Morgan fingerprint density at radius 1 is 1.22 bits per heavy atom. The minimum atomic E-state index is -0.360. The maximum absolute atomic E-state index is 12.7. The first-order valence-corrected chi connectivity index (χ1v) is 9.20. The molecule has 0 saturated carbocycles. The van der Waals surface area contributed by atoms with Gasteiger partial charge in [-0.15, -0.1) is 0 Å². The molecule has 1 aromatic heterocycles. The maximum Gasteiger partial charge on any atom is 0.414 e. The van der Waals surface area contributed by atoms with Gasteiger partial charge in [0.25, 0.3) is 0 Å². The molecule has 140 valence electrons. The first-order chi connectivity index (χ1) is 13.2. The summed E-state index contributed by atoms with van der Waals surface area (Å²) in [5.41, 5.74) is 4.36. The highest BCUT2D eigenvalue weighted by Gasteiger charge is 2.24. The summed E-state index contributed by atoms with van der Waals surface area (Å²) in [7, 11) is 0. The van der Waals surface area contributed by atoms with Gasteiger partial charge in [0.2, 0.25) is 0 Å². The van der Waals surface area contributed by atoms with E-state index in [4.69, 9.17) is 9.47 Å². The zero-order chi connectivity index (χ0) is 18.6. The van der Waals surface area contributed by atoms with Crippen LogP contribution in [0.5, 0.6) is 0 Å². The molecule has 2 heterocycles. The number of carbonyl (C=O) groups is 1. The van der Waals surface area contributed by atoms with Crippen LogP contribution < -0.4 is 4.90 Å². The number of fused-ring (bicyclic) bond motifs is 1. The highest BCUT2D eigenvalue weighted by molar-refractivity contribution is 5.90. The van der Waals surface area contributed by atoms with Gasteiger partial charge in [0, 0.05) is 12.2 Å². The lowest BCUT2D eigenvalue weighted by molar-refractivity contribution is 0.147. The van der Waals surface area contributed by atoms with Crippen LogP contribution in [0, 0.1) is 0 Å². The van der Waals surface area contributed by atoms with E-state index >= 15 is 0 Å². The summed E-state index contributed by atoms with van der Waals surface area (Å²) in [5, 5.41) is 10.7. The van der Waals surface area contributed by atoms with Crippen molar-refractivity contribution in [3.63, 3.8) is 0 Å². The smallest absolute Gasteiger partial charge is 0.414 e. The molecule has 4 rings (SSSR count). The van der Waals surface area contributed by atoms with Gasteiger partial charge < -0.3 is 9.47 Å². The molecule has 1 saturated heterocycles. The predicted molar refractivity (Wildman–Crippen MR) is 101 cm³/mol. The van der Waals surface area contributed by atoms with Gasteiger partial charge in [0.1, 0.15) is 23.7 Å². The van der Waals surface area contributed by atoms with Crippen molar-refractivity contribution in [2.45, 2.75) is 32.5 Å². The summed E-state index contributed by atoms with van der Waals surface area (Å²) in [4.78, 5) is 14.4. The van der Waals surface area contributed by atoms with E-state index in [1.165, 1.54) is 0 Å². The van der Waals surface area contributed by atoms with Gasteiger partial charge in [0.05, 0.1) is 6.61 Å². The Morgan fingerprint density at radius 2 is 2.00 bits per heavy atom. The van der Waals surface area contributed by atoms with Gasteiger partial charge in [-0.3, -0.25) is 4.90 Å². The fourth-order valence-electron chi connectivity index (χ4n) is 2.93. The van der Waals surface area contributed by atoms with Crippen LogP contribution >= 0.6 is 0 Å². The fourth-order valence-corrected chi connectivity index (χ4v) is 2.93. The predicted octanol–water partition coefficient (Wildman–Crippen LogP) is 3.97. The summed E-state index contributed by atoms with van der Waals surface area (Å²) in [6, 6.07) is 13.6. The molecule has 7 nitrogen and oxygen atoms in total. The second-order valence-electron chi connectivity index (χ2n) is 6.62. The lowest BCUT2D eigenvalue weighted by Crippen LogP contribution is -2.32. The van der Waals surface area contributed by atoms with Crippen LogP contribution in [0.25, 0.3) is 11.0 Å². The van der Waals surface area contributed by atoms with Crippen molar-refractivity contribution in [3.8, 4) is 0 Å². The zero-order valence-electron chi connectivity index (χ0n) is 15.2. The summed E-state index contributed by atoms with van der Waals surface area (Å²) in [6.07, 6.45) is 1.75. The normalized spacial score (nSPS) is 15.7. The van der Waals surface area contributed by atoms with Crippen molar-refractivity contribution in [2.75, 3.05) is 18.1 Å². The molecule has 1 aliphatic rings. The zero-order valence-corrected chi connectivity index (χ0v) is 15.2. The maximum atomic E-state index is 12.7. The molecule has 1 N–H and O–H groups in total. The van der Waals surface area contributed by atoms with Crippen LogP contribution in [0.3, 0.4) is 0 Å². The average molecular weight is 366 g/mol. The van der Waals surface area contributed by atoms with Crippen molar-refractivity contribution < 1.29 is 14.3 Å². The van der Waals surface area contributed by atoms with E-state index in [0.717, 1.165) is 47.3 Å². The molecule has 1 atom stereocenters. The highest BCUT2D eigenvalue weighted by Crippen LogP contribution is 2.29. The van der Waals surface area contributed by atoms with E-state index < -0.39 is 0 Å². The number of benzene rings is 2. The standard InChI is InChI=1S/C20H22N4O3/c1-2-3-10-24(16-8-9-17-18(11-16)22-23-21-17)20(25)27-12-14-4-6-15(7-5-14)19-13-26-19/h4-9,11,19H,2-3,10,12-13H2,1H3,(H,21,22,23). The number of carbonyl (C=O) groups excluding carboxylic acids is 1. The average Bonchev–Trinajstić information content (AvgIpc) is 3.44. The summed E-state index contributed by atoms with van der Waals surface area (Å²) >= 11 is 0. The highest BCUT2D eigenvalue weighted by atomic mass is 16.6. The number of rotatable bonds is 7. The van der Waals surface area contributed by atoms with Gasteiger partial charge in [-0.2, -0.15) is 15.4 Å². The molecule has 1 amide bonds. The van der Waals surface area contributed by atoms with Gasteiger partial charge >= 0.3 is 6.09 Å². The van der Waals surface area contributed by atoms with E-state index in [0.29, 0.717) is 6.54 Å². The summed E-state index contributed by atoms with van der Waals surface area (Å²) < 4.78 is 10.8. The second kappa shape index (κ2) is 7.75. The van der Waals surface area contributed by atoms with Crippen molar-refractivity contribution in [3.05, 3.63) is 53.6 Å². The van der Waals surface area contributed by atoms with Crippen LogP contribution in [-0.4, -0.2) is 34.7 Å². The molecule has 0 spiro atoms. The number of hydrogen-bond donors (Lipinski definition) is 1. The number of amides is 1. The second-order valence-corrected chi connectivity index (χ2v) is 6.62. The third kappa shape index (κ3) is 4.09. The number of unbranched alkanes of at least 4 members (excludes halogenated alkanes) is 1. The number of ether oxygens (including phenoxy) is 2. The number of anilines is 1. The molecule has 2 aromatic carbocycles. The number of H-pyrrole nitrogens is 1. The lowest BCUT2D eigenvalue weighted by Gasteiger charge is -2.22. The Morgan fingerprint density at radius 3 is 2.74 bits per heavy atom. The minimum absolute atomic E-state index is 0.234. The van der Waals surface area contributed by atoms with E-state index in [2.05, 4.69) is 22.3 Å². The molecule has 1 unspecified atom stereocenters. The quantitative estimate of drug-likeness (QED) is 0.640. The third-order valence-electron chi connectivity index (χ3n) is 4.61. The summed E-state index contributed by atoms with van der Waals surface area (Å²) in [5.74, 6) is 0. The van der Waals surface area contributed by atoms with E-state index in [1.807, 2.05) is 42.5 Å². The Bertz CT molecular complexity index is 918. The lowest BCUT2D eigenvalue weighted by atomic mass is 10.1.